The van der Waals surface area contributed by atoms with Gasteiger partial charge in [0.15, 0.2) is 5.69 Å². The number of nitrogens with one attached hydrogen (secondary N) is 3. The van der Waals surface area contributed by atoms with E-state index in [2.05, 4.69) is 20.6 Å². The quantitative estimate of drug-likeness (QED) is 0.398. The van der Waals surface area contributed by atoms with Gasteiger partial charge in [0.25, 0.3) is 5.91 Å². The summed E-state index contributed by atoms with van der Waals surface area (Å²) in [4.78, 5) is 43.2. The van der Waals surface area contributed by atoms with Crippen molar-refractivity contribution in [1.29, 1.82) is 0 Å². The molecule has 0 saturated heterocycles. The summed E-state index contributed by atoms with van der Waals surface area (Å²) in [6.07, 6.45) is 0.384. The van der Waals surface area contributed by atoms with Crippen molar-refractivity contribution in [2.45, 2.75) is 13.3 Å². The summed E-state index contributed by atoms with van der Waals surface area (Å²) < 4.78 is 10.1. The topological polar surface area (TPSA) is 148 Å². The Kier molecular flexibility index (Phi) is 7.06. The minimum Gasteiger partial charge on any atom is -0.497 e. The maximum Gasteiger partial charge on any atom is 0.338 e. The second-order valence-electron chi connectivity index (χ2n) is 6.68. The van der Waals surface area contributed by atoms with E-state index >= 15 is 0 Å². The zero-order chi connectivity index (χ0) is 23.1. The summed E-state index contributed by atoms with van der Waals surface area (Å²) in [6, 6.07) is 13.0. The zero-order valence-corrected chi connectivity index (χ0v) is 17.6. The Balaban J connectivity index is 1.72. The average Bonchev–Trinajstić information content (AvgIpc) is 3.16. The van der Waals surface area contributed by atoms with Crippen molar-refractivity contribution in [3.05, 3.63) is 71.2 Å². The highest BCUT2D eigenvalue weighted by Gasteiger charge is 2.18. The number of nitrogens with zero attached hydrogens (tertiary/aromatic N) is 1. The number of H-pyrrole nitrogens is 1. The van der Waals surface area contributed by atoms with Crippen LogP contribution >= 0.6 is 0 Å². The third-order valence-electron chi connectivity index (χ3n) is 4.39. The number of amides is 3. The monoisotopic (exact) mass is 437 g/mol. The number of methoxy groups -OCH3 is 1. The number of imidazole rings is 1. The molecule has 0 unspecified atom stereocenters. The molecule has 5 N–H and O–H groups in total. The van der Waals surface area contributed by atoms with Crippen LogP contribution < -0.4 is 21.1 Å². The van der Waals surface area contributed by atoms with Gasteiger partial charge in [0.1, 0.15) is 17.4 Å². The number of nitrogens with two attached hydrogens (primary N) is 1. The standard InChI is InChI=1S/C22H23N5O5/c1-3-32-21(29)14-5-4-6-15(12-14)24-22(30)27-20-18(19(23)28)25-17(26-20)11-13-7-9-16(31-2)10-8-13/h4-10,12H,3,11H2,1-2H3,(H2,23,28)(H,25,26)(H2,24,27,30). The first-order valence-electron chi connectivity index (χ1n) is 9.76. The van der Waals surface area contributed by atoms with Crippen LogP contribution in [-0.4, -0.2) is 41.6 Å². The maximum atomic E-state index is 12.4. The summed E-state index contributed by atoms with van der Waals surface area (Å²) in [5, 5.41) is 5.13. The van der Waals surface area contributed by atoms with E-state index in [0.29, 0.717) is 23.5 Å². The van der Waals surface area contributed by atoms with E-state index < -0.39 is 17.9 Å². The Bertz CT molecular complexity index is 1120. The van der Waals surface area contributed by atoms with Gasteiger partial charge < -0.3 is 25.5 Å². The largest absolute Gasteiger partial charge is 0.497 e. The molecule has 0 aliphatic heterocycles. The molecule has 1 aromatic heterocycles. The molecule has 0 spiro atoms. The van der Waals surface area contributed by atoms with Crippen molar-refractivity contribution in [1.82, 2.24) is 9.97 Å². The fourth-order valence-corrected chi connectivity index (χ4v) is 2.93. The van der Waals surface area contributed by atoms with Crippen LogP contribution in [0, 0.1) is 0 Å². The van der Waals surface area contributed by atoms with Crippen LogP contribution in [0.1, 0.15) is 39.2 Å². The molecule has 3 rings (SSSR count). The minimum absolute atomic E-state index is 0.0695. The Morgan fingerprint density at radius 3 is 2.50 bits per heavy atom. The molecule has 32 heavy (non-hydrogen) atoms. The molecule has 10 nitrogen and oxygen atoms in total. The Morgan fingerprint density at radius 2 is 1.84 bits per heavy atom. The van der Waals surface area contributed by atoms with Crippen LogP contribution in [0.4, 0.5) is 16.3 Å². The highest BCUT2D eigenvalue weighted by Crippen LogP contribution is 2.18. The van der Waals surface area contributed by atoms with E-state index in [4.69, 9.17) is 15.2 Å². The van der Waals surface area contributed by atoms with Crippen LogP contribution in [0.5, 0.6) is 5.75 Å². The zero-order valence-electron chi connectivity index (χ0n) is 17.6. The molecule has 0 saturated carbocycles. The second-order valence-corrected chi connectivity index (χ2v) is 6.68. The Morgan fingerprint density at radius 1 is 1.09 bits per heavy atom. The van der Waals surface area contributed by atoms with Gasteiger partial charge in [-0.05, 0) is 42.8 Å². The molecular formula is C22H23N5O5. The molecule has 0 fully saturated rings. The van der Waals surface area contributed by atoms with Crippen LogP contribution in [0.15, 0.2) is 48.5 Å². The maximum absolute atomic E-state index is 12.4. The van der Waals surface area contributed by atoms with E-state index in [1.165, 1.54) is 6.07 Å². The molecule has 0 atom stereocenters. The number of esters is 1. The molecule has 0 aliphatic rings. The highest BCUT2D eigenvalue weighted by atomic mass is 16.5. The summed E-state index contributed by atoms with van der Waals surface area (Å²) in [5.74, 6) is -0.0492. The third kappa shape index (κ3) is 5.63. The molecule has 3 aromatic rings. The van der Waals surface area contributed by atoms with Gasteiger partial charge in [-0.25, -0.2) is 14.6 Å². The minimum atomic E-state index is -0.790. The number of anilines is 2. The number of benzene rings is 2. The number of rotatable bonds is 8. The van der Waals surface area contributed by atoms with Gasteiger partial charge in [-0.2, -0.15) is 0 Å². The number of aromatic nitrogens is 2. The van der Waals surface area contributed by atoms with E-state index in [9.17, 15) is 14.4 Å². The predicted molar refractivity (Wildman–Crippen MR) is 118 cm³/mol. The van der Waals surface area contributed by atoms with Crippen LogP contribution in [0.2, 0.25) is 0 Å². The third-order valence-corrected chi connectivity index (χ3v) is 4.39. The smallest absolute Gasteiger partial charge is 0.338 e. The van der Waals surface area contributed by atoms with Gasteiger partial charge in [-0.3, -0.25) is 10.1 Å². The molecule has 166 valence electrons. The second kappa shape index (κ2) is 10.1. The van der Waals surface area contributed by atoms with Crippen LogP contribution in [0.3, 0.4) is 0 Å². The number of carbonyl (C=O) groups is 3. The molecule has 10 heteroatoms. The van der Waals surface area contributed by atoms with Gasteiger partial charge in [0.2, 0.25) is 0 Å². The first kappa shape index (κ1) is 22.3. The number of carbonyl (C=O) groups excluding carboxylic acids is 3. The highest BCUT2D eigenvalue weighted by molar-refractivity contribution is 6.04. The Hall–Kier alpha value is -4.34. The van der Waals surface area contributed by atoms with Crippen LogP contribution in [-0.2, 0) is 11.2 Å². The summed E-state index contributed by atoms with van der Waals surface area (Å²) in [5.41, 5.74) is 6.90. The van der Waals surface area contributed by atoms with Crippen molar-refractivity contribution in [2.24, 2.45) is 5.73 Å². The molecule has 2 aromatic carbocycles. The summed E-state index contributed by atoms with van der Waals surface area (Å²) >= 11 is 0. The van der Waals surface area contributed by atoms with Gasteiger partial charge in [-0.15, -0.1) is 0 Å². The van der Waals surface area contributed by atoms with Crippen molar-refractivity contribution in [3.63, 3.8) is 0 Å². The molecule has 3 amide bonds. The Labute approximate surface area is 184 Å². The fourth-order valence-electron chi connectivity index (χ4n) is 2.93. The van der Waals surface area contributed by atoms with Gasteiger partial charge in [0, 0.05) is 12.1 Å². The normalized spacial score (nSPS) is 10.3. The average molecular weight is 437 g/mol. The van der Waals surface area contributed by atoms with E-state index in [0.717, 1.165) is 11.3 Å². The van der Waals surface area contributed by atoms with Crippen molar-refractivity contribution < 1.29 is 23.9 Å². The van der Waals surface area contributed by atoms with Crippen molar-refractivity contribution >= 4 is 29.4 Å². The lowest BCUT2D eigenvalue weighted by Gasteiger charge is -2.08. The summed E-state index contributed by atoms with van der Waals surface area (Å²) in [7, 11) is 1.58. The van der Waals surface area contributed by atoms with Crippen LogP contribution in [0.25, 0.3) is 0 Å². The van der Waals surface area contributed by atoms with E-state index in [-0.39, 0.29) is 18.1 Å². The lowest BCUT2D eigenvalue weighted by Crippen LogP contribution is -2.22. The fraction of sp³-hybridized carbons (Fsp3) is 0.182. The molecule has 1 heterocycles. The van der Waals surface area contributed by atoms with Crippen molar-refractivity contribution in [2.75, 3.05) is 24.4 Å². The first-order chi connectivity index (χ1) is 15.4. The molecular weight excluding hydrogens is 414 g/mol. The lowest BCUT2D eigenvalue weighted by atomic mass is 10.1. The predicted octanol–water partition coefficient (Wildman–Crippen LogP) is 2.93. The van der Waals surface area contributed by atoms with Crippen molar-refractivity contribution in [3.8, 4) is 5.75 Å². The molecule has 0 bridgehead atoms. The van der Waals surface area contributed by atoms with E-state index in [1.807, 2.05) is 24.3 Å². The van der Waals surface area contributed by atoms with Gasteiger partial charge in [-0.1, -0.05) is 18.2 Å². The van der Waals surface area contributed by atoms with Gasteiger partial charge >= 0.3 is 12.0 Å². The first-order valence-corrected chi connectivity index (χ1v) is 9.76. The number of aromatic amines is 1. The molecule has 0 aliphatic carbocycles. The number of primary amides is 1. The summed E-state index contributed by atoms with van der Waals surface area (Å²) in [6.45, 7) is 1.95. The number of ether oxygens (including phenoxy) is 2. The number of urea groups is 1. The lowest BCUT2D eigenvalue weighted by molar-refractivity contribution is 0.0526. The number of hydrogen-bond acceptors (Lipinski definition) is 6. The molecule has 0 radical (unpaired) electrons. The van der Waals surface area contributed by atoms with E-state index in [1.54, 1.807) is 32.2 Å². The van der Waals surface area contributed by atoms with Gasteiger partial charge in [0.05, 0.1) is 19.3 Å². The SMILES string of the molecule is CCOC(=O)c1cccc(NC(=O)Nc2[nH]c(Cc3ccc(OC)cc3)nc2C(N)=O)c1. The number of hydrogen-bond donors (Lipinski definition) is 4.